The number of sulfonamides is 1. The standard InChI is InChI=1S/C16H16Cl2N2O3S/c1-10(2)11-3-6-13(7-4-11)24(22,23)20-19-16(21)14-9-12(17)5-8-15(14)18/h3-10,20H,1-2H3,(H,19,21). The number of carbonyl (C=O) groups excluding carboxylic acids is 1. The number of halogens is 2. The number of hydrazine groups is 1. The molecule has 0 heterocycles. The van der Waals surface area contributed by atoms with Gasteiger partial charge in [-0.2, -0.15) is 0 Å². The van der Waals surface area contributed by atoms with Gasteiger partial charge >= 0.3 is 0 Å². The van der Waals surface area contributed by atoms with Crippen LogP contribution in [-0.2, 0) is 10.0 Å². The number of carbonyl (C=O) groups is 1. The third-order valence-corrected chi connectivity index (χ3v) is 5.16. The molecule has 8 heteroatoms. The minimum Gasteiger partial charge on any atom is -0.273 e. The lowest BCUT2D eigenvalue weighted by Crippen LogP contribution is -2.41. The van der Waals surface area contributed by atoms with E-state index in [0.29, 0.717) is 10.9 Å². The molecular weight excluding hydrogens is 371 g/mol. The molecule has 2 aromatic rings. The summed E-state index contributed by atoms with van der Waals surface area (Å²) in [6.45, 7) is 4.02. The fourth-order valence-corrected chi connectivity index (χ4v) is 3.16. The van der Waals surface area contributed by atoms with Gasteiger partial charge < -0.3 is 0 Å². The van der Waals surface area contributed by atoms with Gasteiger partial charge in [-0.05, 0) is 41.8 Å². The van der Waals surface area contributed by atoms with Gasteiger partial charge in [0.15, 0.2) is 0 Å². The second-order valence-electron chi connectivity index (χ2n) is 5.41. The zero-order valence-corrected chi connectivity index (χ0v) is 15.3. The zero-order chi connectivity index (χ0) is 17.9. The van der Waals surface area contributed by atoms with Crippen molar-refractivity contribution in [2.24, 2.45) is 0 Å². The molecule has 128 valence electrons. The number of rotatable bonds is 5. The van der Waals surface area contributed by atoms with Gasteiger partial charge in [0.05, 0.1) is 15.5 Å². The Bertz CT molecular complexity index is 850. The highest BCUT2D eigenvalue weighted by molar-refractivity contribution is 7.89. The van der Waals surface area contributed by atoms with E-state index in [9.17, 15) is 13.2 Å². The van der Waals surface area contributed by atoms with Gasteiger partial charge in [-0.1, -0.05) is 49.2 Å². The van der Waals surface area contributed by atoms with Crippen molar-refractivity contribution < 1.29 is 13.2 Å². The minimum atomic E-state index is -3.89. The quantitative estimate of drug-likeness (QED) is 0.768. The number of amides is 1. The highest BCUT2D eigenvalue weighted by Crippen LogP contribution is 2.20. The van der Waals surface area contributed by atoms with Crippen molar-refractivity contribution in [1.29, 1.82) is 0 Å². The summed E-state index contributed by atoms with van der Waals surface area (Å²) < 4.78 is 24.4. The Morgan fingerprint density at radius 3 is 2.25 bits per heavy atom. The summed E-state index contributed by atoms with van der Waals surface area (Å²) in [4.78, 5) is 14.1. The van der Waals surface area contributed by atoms with Gasteiger partial charge in [-0.3, -0.25) is 10.2 Å². The molecule has 0 radical (unpaired) electrons. The van der Waals surface area contributed by atoms with E-state index in [1.54, 1.807) is 12.1 Å². The second kappa shape index (κ2) is 7.53. The highest BCUT2D eigenvalue weighted by atomic mass is 35.5. The van der Waals surface area contributed by atoms with Crippen molar-refractivity contribution >= 4 is 39.1 Å². The Balaban J connectivity index is 2.12. The van der Waals surface area contributed by atoms with E-state index in [0.717, 1.165) is 5.56 Å². The van der Waals surface area contributed by atoms with E-state index in [-0.39, 0.29) is 15.5 Å². The number of benzene rings is 2. The van der Waals surface area contributed by atoms with Crippen LogP contribution in [0, 0.1) is 0 Å². The van der Waals surface area contributed by atoms with Crippen LogP contribution in [0.25, 0.3) is 0 Å². The summed E-state index contributed by atoms with van der Waals surface area (Å²) in [7, 11) is -3.89. The Morgan fingerprint density at radius 2 is 1.67 bits per heavy atom. The molecule has 0 fully saturated rings. The molecule has 0 saturated heterocycles. The maximum atomic E-state index is 12.2. The third-order valence-electron chi connectivity index (χ3n) is 3.33. The van der Waals surface area contributed by atoms with Gasteiger partial charge in [0.25, 0.3) is 15.9 Å². The van der Waals surface area contributed by atoms with Crippen LogP contribution in [0.15, 0.2) is 47.4 Å². The number of hydrogen-bond donors (Lipinski definition) is 2. The largest absolute Gasteiger partial charge is 0.273 e. The molecular formula is C16H16Cl2N2O3S. The van der Waals surface area contributed by atoms with Crippen molar-refractivity contribution in [2.75, 3.05) is 0 Å². The maximum Gasteiger partial charge on any atom is 0.267 e. The van der Waals surface area contributed by atoms with Crippen LogP contribution in [0.4, 0.5) is 0 Å². The van der Waals surface area contributed by atoms with Crippen molar-refractivity contribution in [3.8, 4) is 0 Å². The van der Waals surface area contributed by atoms with Crippen LogP contribution < -0.4 is 10.3 Å². The van der Waals surface area contributed by atoms with Crippen molar-refractivity contribution in [3.63, 3.8) is 0 Å². The Kier molecular flexibility index (Phi) is 5.87. The van der Waals surface area contributed by atoms with Crippen LogP contribution in [0.5, 0.6) is 0 Å². The highest BCUT2D eigenvalue weighted by Gasteiger charge is 2.17. The average molecular weight is 387 g/mol. The molecule has 0 atom stereocenters. The number of hydrogen-bond acceptors (Lipinski definition) is 3. The molecule has 0 aliphatic heterocycles. The first kappa shape index (κ1) is 18.7. The van der Waals surface area contributed by atoms with Crippen LogP contribution in [0.3, 0.4) is 0 Å². The van der Waals surface area contributed by atoms with Crippen molar-refractivity contribution in [1.82, 2.24) is 10.3 Å². The molecule has 2 aromatic carbocycles. The molecule has 24 heavy (non-hydrogen) atoms. The molecule has 2 rings (SSSR count). The first-order valence-corrected chi connectivity index (χ1v) is 9.32. The van der Waals surface area contributed by atoms with Crippen molar-refractivity contribution in [3.05, 3.63) is 63.6 Å². The third kappa shape index (κ3) is 4.48. The molecule has 0 aromatic heterocycles. The van der Waals surface area contributed by atoms with Crippen LogP contribution in [0.2, 0.25) is 10.0 Å². The molecule has 5 nitrogen and oxygen atoms in total. The van der Waals surface area contributed by atoms with E-state index in [2.05, 4.69) is 5.43 Å². The predicted molar refractivity (Wildman–Crippen MR) is 94.8 cm³/mol. The van der Waals surface area contributed by atoms with E-state index >= 15 is 0 Å². The van der Waals surface area contributed by atoms with Gasteiger partial charge in [0.2, 0.25) is 0 Å². The summed E-state index contributed by atoms with van der Waals surface area (Å²) in [6, 6.07) is 10.8. The summed E-state index contributed by atoms with van der Waals surface area (Å²) >= 11 is 11.7. The second-order valence-corrected chi connectivity index (χ2v) is 7.93. The van der Waals surface area contributed by atoms with Gasteiger partial charge in [-0.25, -0.2) is 8.42 Å². The molecule has 0 saturated carbocycles. The molecule has 0 bridgehead atoms. The van der Waals surface area contributed by atoms with E-state index in [1.807, 2.05) is 18.7 Å². The normalized spacial score (nSPS) is 11.5. The molecule has 0 aliphatic rings. The fraction of sp³-hybridized carbons (Fsp3) is 0.188. The topological polar surface area (TPSA) is 75.3 Å². The van der Waals surface area contributed by atoms with E-state index in [4.69, 9.17) is 23.2 Å². The Hall–Kier alpha value is -1.60. The van der Waals surface area contributed by atoms with Gasteiger partial charge in [0.1, 0.15) is 0 Å². The lowest BCUT2D eigenvalue weighted by atomic mass is 10.0. The first-order chi connectivity index (χ1) is 11.2. The van der Waals surface area contributed by atoms with E-state index in [1.165, 1.54) is 30.3 Å². The first-order valence-electron chi connectivity index (χ1n) is 7.08. The summed E-state index contributed by atoms with van der Waals surface area (Å²) in [6.07, 6.45) is 0. The molecule has 1 amide bonds. The van der Waals surface area contributed by atoms with Gasteiger partial charge in [-0.15, -0.1) is 4.83 Å². The van der Waals surface area contributed by atoms with Crippen LogP contribution >= 0.6 is 23.2 Å². The van der Waals surface area contributed by atoms with Gasteiger partial charge in [0, 0.05) is 5.02 Å². The fourth-order valence-electron chi connectivity index (χ4n) is 1.94. The Labute approximate surface area is 151 Å². The zero-order valence-electron chi connectivity index (χ0n) is 13.0. The summed E-state index contributed by atoms with van der Waals surface area (Å²) in [5.74, 6) is -0.413. The lowest BCUT2D eigenvalue weighted by Gasteiger charge is -2.11. The predicted octanol–water partition coefficient (Wildman–Crippen LogP) is 3.74. The number of nitrogens with one attached hydrogen (secondary N) is 2. The Morgan fingerprint density at radius 1 is 1.04 bits per heavy atom. The SMILES string of the molecule is CC(C)c1ccc(S(=O)(=O)NNC(=O)c2cc(Cl)ccc2Cl)cc1. The smallest absolute Gasteiger partial charge is 0.267 e. The minimum absolute atomic E-state index is 0.0457. The molecule has 2 N–H and O–H groups in total. The molecule has 0 spiro atoms. The molecule has 0 unspecified atom stereocenters. The van der Waals surface area contributed by atoms with E-state index < -0.39 is 15.9 Å². The monoisotopic (exact) mass is 386 g/mol. The molecule has 0 aliphatic carbocycles. The van der Waals surface area contributed by atoms with Crippen LogP contribution in [-0.4, -0.2) is 14.3 Å². The van der Waals surface area contributed by atoms with Crippen molar-refractivity contribution in [2.45, 2.75) is 24.7 Å². The summed E-state index contributed by atoms with van der Waals surface area (Å²) in [5, 5.41) is 0.481. The maximum absolute atomic E-state index is 12.2. The average Bonchev–Trinajstić information content (AvgIpc) is 2.55. The lowest BCUT2D eigenvalue weighted by molar-refractivity contribution is 0.0945. The summed E-state index contributed by atoms with van der Waals surface area (Å²) in [5.41, 5.74) is 3.21. The van der Waals surface area contributed by atoms with Crippen LogP contribution in [0.1, 0.15) is 35.7 Å².